The number of amides is 2. The second-order valence-electron chi connectivity index (χ2n) is 5.81. The lowest BCUT2D eigenvalue weighted by Crippen LogP contribution is -2.48. The summed E-state index contributed by atoms with van der Waals surface area (Å²) in [6.07, 6.45) is 2.92. The number of carbonyl (C=O) groups excluding carboxylic acids is 2. The highest BCUT2D eigenvalue weighted by atomic mass is 16.5. The Morgan fingerprint density at radius 3 is 2.70 bits per heavy atom. The smallest absolute Gasteiger partial charge is 0.263 e. The molecule has 2 saturated heterocycles. The molecule has 0 saturated carbocycles. The molecule has 0 spiro atoms. The number of piperidine rings is 1. The van der Waals surface area contributed by atoms with E-state index in [1.807, 2.05) is 0 Å². The van der Waals surface area contributed by atoms with E-state index in [4.69, 9.17) is 16.3 Å². The van der Waals surface area contributed by atoms with Crippen molar-refractivity contribution in [2.45, 2.75) is 50.9 Å². The molecule has 114 valence electrons. The normalized spacial score (nSPS) is 34.9. The number of rotatable bonds is 4. The molecule has 4 atom stereocenters. The standard InChI is InChI=1S/C13H24N4O3/c1-8-2-3-9(12(14)18)6-17(8)7-10-4-5-11(20-10)13(19)16-15/h8-11H,2-7,15H2,1H3,(H2,14,18)(H,16,19). The number of primary amides is 1. The number of likely N-dealkylation sites (tertiary alicyclic amines) is 1. The fraction of sp³-hybridized carbons (Fsp3) is 0.846. The van der Waals surface area contributed by atoms with E-state index in [0.717, 1.165) is 25.8 Å². The van der Waals surface area contributed by atoms with Crippen molar-refractivity contribution < 1.29 is 14.3 Å². The maximum atomic E-state index is 11.4. The molecule has 2 fully saturated rings. The van der Waals surface area contributed by atoms with Crippen LogP contribution in [0.3, 0.4) is 0 Å². The minimum atomic E-state index is -0.447. The van der Waals surface area contributed by atoms with Gasteiger partial charge in [-0.15, -0.1) is 0 Å². The highest BCUT2D eigenvalue weighted by molar-refractivity contribution is 5.80. The molecule has 0 aromatic heterocycles. The summed E-state index contributed by atoms with van der Waals surface area (Å²) in [5, 5.41) is 0. The molecule has 4 unspecified atom stereocenters. The Kier molecular flexibility index (Phi) is 4.95. The molecule has 7 nitrogen and oxygen atoms in total. The lowest BCUT2D eigenvalue weighted by Gasteiger charge is -2.38. The zero-order valence-electron chi connectivity index (χ0n) is 11.9. The van der Waals surface area contributed by atoms with Gasteiger partial charge in [-0.05, 0) is 32.6 Å². The van der Waals surface area contributed by atoms with E-state index in [9.17, 15) is 9.59 Å². The van der Waals surface area contributed by atoms with Crippen LogP contribution in [0.25, 0.3) is 0 Å². The van der Waals surface area contributed by atoms with Crippen LogP contribution in [0.2, 0.25) is 0 Å². The summed E-state index contributed by atoms with van der Waals surface area (Å²) >= 11 is 0. The first-order valence-electron chi connectivity index (χ1n) is 7.20. The molecule has 2 aliphatic rings. The fourth-order valence-corrected chi connectivity index (χ4v) is 3.05. The second-order valence-corrected chi connectivity index (χ2v) is 5.81. The van der Waals surface area contributed by atoms with Crippen LogP contribution in [0.4, 0.5) is 0 Å². The van der Waals surface area contributed by atoms with Crippen molar-refractivity contribution in [3.8, 4) is 0 Å². The summed E-state index contributed by atoms with van der Waals surface area (Å²) < 4.78 is 5.71. The molecule has 2 rings (SSSR count). The molecule has 0 aromatic carbocycles. The number of hydrazine groups is 1. The largest absolute Gasteiger partial charge is 0.369 e. The minimum absolute atomic E-state index is 0.0198. The molecule has 5 N–H and O–H groups in total. The third-order valence-electron chi connectivity index (χ3n) is 4.39. The van der Waals surface area contributed by atoms with Gasteiger partial charge in [-0.25, -0.2) is 5.84 Å². The van der Waals surface area contributed by atoms with Crippen LogP contribution in [-0.4, -0.2) is 48.1 Å². The van der Waals surface area contributed by atoms with Gasteiger partial charge >= 0.3 is 0 Å². The van der Waals surface area contributed by atoms with E-state index in [1.54, 1.807) is 0 Å². The van der Waals surface area contributed by atoms with Crippen LogP contribution in [0.15, 0.2) is 0 Å². The van der Waals surface area contributed by atoms with Crippen molar-refractivity contribution in [3.63, 3.8) is 0 Å². The Labute approximate surface area is 119 Å². The van der Waals surface area contributed by atoms with Gasteiger partial charge in [0.1, 0.15) is 6.10 Å². The van der Waals surface area contributed by atoms with E-state index < -0.39 is 6.10 Å². The highest BCUT2D eigenvalue weighted by Crippen LogP contribution is 2.26. The van der Waals surface area contributed by atoms with Gasteiger partial charge in [0.15, 0.2) is 0 Å². The fourth-order valence-electron chi connectivity index (χ4n) is 3.05. The molecule has 7 heteroatoms. The number of ether oxygens (including phenoxy) is 1. The third kappa shape index (κ3) is 3.47. The lowest BCUT2D eigenvalue weighted by atomic mass is 9.92. The second kappa shape index (κ2) is 6.51. The van der Waals surface area contributed by atoms with E-state index in [1.165, 1.54) is 0 Å². The van der Waals surface area contributed by atoms with Crippen molar-refractivity contribution >= 4 is 11.8 Å². The van der Waals surface area contributed by atoms with Crippen LogP contribution in [-0.2, 0) is 14.3 Å². The van der Waals surface area contributed by atoms with Crippen LogP contribution in [0.1, 0.15) is 32.6 Å². The molecule has 2 heterocycles. The van der Waals surface area contributed by atoms with Gasteiger partial charge in [0, 0.05) is 19.1 Å². The number of hydrogen-bond acceptors (Lipinski definition) is 5. The van der Waals surface area contributed by atoms with Gasteiger partial charge in [0.05, 0.1) is 12.0 Å². The average molecular weight is 284 g/mol. The van der Waals surface area contributed by atoms with Gasteiger partial charge < -0.3 is 10.5 Å². The van der Waals surface area contributed by atoms with E-state index >= 15 is 0 Å². The molecule has 20 heavy (non-hydrogen) atoms. The zero-order chi connectivity index (χ0) is 14.7. The molecule has 2 amide bonds. The molecular formula is C13H24N4O3. The molecule has 0 aliphatic carbocycles. The van der Waals surface area contributed by atoms with Crippen LogP contribution < -0.4 is 17.0 Å². The Balaban J connectivity index is 1.86. The Morgan fingerprint density at radius 2 is 2.05 bits per heavy atom. The number of carbonyl (C=O) groups is 2. The summed E-state index contributed by atoms with van der Waals surface area (Å²) in [7, 11) is 0. The topological polar surface area (TPSA) is 111 Å². The van der Waals surface area contributed by atoms with Gasteiger partial charge in [-0.3, -0.25) is 19.9 Å². The predicted octanol–water partition coefficient (Wildman–Crippen LogP) is -0.890. The SMILES string of the molecule is CC1CCC(C(N)=O)CN1CC1CCC(C(=O)NN)O1. The first kappa shape index (κ1) is 15.2. The highest BCUT2D eigenvalue weighted by Gasteiger charge is 2.35. The molecule has 2 aliphatic heterocycles. The molecule has 0 aromatic rings. The monoisotopic (exact) mass is 284 g/mol. The van der Waals surface area contributed by atoms with Gasteiger partial charge in [-0.1, -0.05) is 0 Å². The van der Waals surface area contributed by atoms with Gasteiger partial charge in [-0.2, -0.15) is 0 Å². The first-order chi connectivity index (χ1) is 9.51. The van der Waals surface area contributed by atoms with E-state index in [2.05, 4.69) is 17.2 Å². The summed E-state index contributed by atoms with van der Waals surface area (Å²) in [6.45, 7) is 3.57. The Bertz CT molecular complexity index is 377. The van der Waals surface area contributed by atoms with E-state index in [-0.39, 0.29) is 23.8 Å². The quantitative estimate of drug-likeness (QED) is 0.352. The van der Waals surface area contributed by atoms with Crippen molar-refractivity contribution in [2.24, 2.45) is 17.5 Å². The number of nitrogens with two attached hydrogens (primary N) is 2. The number of hydrogen-bond donors (Lipinski definition) is 3. The maximum absolute atomic E-state index is 11.4. The van der Waals surface area contributed by atoms with Gasteiger partial charge in [0.2, 0.25) is 5.91 Å². The third-order valence-corrected chi connectivity index (χ3v) is 4.39. The maximum Gasteiger partial charge on any atom is 0.263 e. The number of nitrogens with one attached hydrogen (secondary N) is 1. The first-order valence-corrected chi connectivity index (χ1v) is 7.20. The summed E-state index contributed by atoms with van der Waals surface area (Å²) in [5.41, 5.74) is 7.52. The van der Waals surface area contributed by atoms with Crippen LogP contribution in [0, 0.1) is 5.92 Å². The van der Waals surface area contributed by atoms with Crippen LogP contribution >= 0.6 is 0 Å². The Morgan fingerprint density at radius 1 is 1.30 bits per heavy atom. The lowest BCUT2D eigenvalue weighted by molar-refractivity contribution is -0.132. The van der Waals surface area contributed by atoms with E-state index in [0.29, 0.717) is 19.0 Å². The molecule has 0 radical (unpaired) electrons. The van der Waals surface area contributed by atoms with Crippen LogP contribution in [0.5, 0.6) is 0 Å². The van der Waals surface area contributed by atoms with Crippen molar-refractivity contribution in [3.05, 3.63) is 0 Å². The molecule has 0 bridgehead atoms. The Hall–Kier alpha value is -1.18. The molecular weight excluding hydrogens is 260 g/mol. The number of nitrogens with zero attached hydrogens (tertiary/aromatic N) is 1. The minimum Gasteiger partial charge on any atom is -0.369 e. The summed E-state index contributed by atoms with van der Waals surface area (Å²) in [4.78, 5) is 25.0. The summed E-state index contributed by atoms with van der Waals surface area (Å²) in [6, 6.07) is 0.414. The van der Waals surface area contributed by atoms with Crippen molar-refractivity contribution in [2.75, 3.05) is 13.1 Å². The van der Waals surface area contributed by atoms with Crippen molar-refractivity contribution in [1.29, 1.82) is 0 Å². The average Bonchev–Trinajstić information content (AvgIpc) is 2.88. The van der Waals surface area contributed by atoms with Crippen molar-refractivity contribution in [1.82, 2.24) is 10.3 Å². The zero-order valence-corrected chi connectivity index (χ0v) is 11.9. The van der Waals surface area contributed by atoms with Gasteiger partial charge in [0.25, 0.3) is 5.91 Å². The summed E-state index contributed by atoms with van der Waals surface area (Å²) in [5.74, 6) is 4.54. The predicted molar refractivity (Wildman–Crippen MR) is 73.2 cm³/mol.